The van der Waals surface area contributed by atoms with Gasteiger partial charge < -0.3 is 15.4 Å². The van der Waals surface area contributed by atoms with Crippen molar-refractivity contribution in [1.82, 2.24) is 10.6 Å². The van der Waals surface area contributed by atoms with Crippen LogP contribution >= 0.6 is 15.9 Å². The first-order valence-corrected chi connectivity index (χ1v) is 7.92. The predicted octanol–water partition coefficient (Wildman–Crippen LogP) is 1.51. The quantitative estimate of drug-likeness (QED) is 0.777. The second-order valence-corrected chi connectivity index (χ2v) is 6.47. The van der Waals surface area contributed by atoms with Crippen molar-refractivity contribution < 1.29 is 18.7 Å². The molecule has 1 aromatic rings. The fourth-order valence-corrected chi connectivity index (χ4v) is 3.67. The van der Waals surface area contributed by atoms with E-state index in [4.69, 9.17) is 4.74 Å². The zero-order chi connectivity index (χ0) is 16.1. The maximum absolute atomic E-state index is 13.6. The van der Waals surface area contributed by atoms with Gasteiger partial charge in [-0.05, 0) is 33.6 Å². The molecule has 4 rings (SSSR count). The van der Waals surface area contributed by atoms with Crippen molar-refractivity contribution in [3.8, 4) is 0 Å². The zero-order valence-corrected chi connectivity index (χ0v) is 13.5. The van der Waals surface area contributed by atoms with Crippen molar-refractivity contribution in [2.45, 2.75) is 5.92 Å². The normalized spacial score (nSPS) is 23.5. The standard InChI is InChI=1S/C16H12BrFN2O3/c17-8-3-7(1-2-9(8)18)13-14-11(5-23-6-12(14)21)20-10-4-19-16(22)15(10)13/h1-3,13,20H,4-6H2,(H,19,22). The molecule has 23 heavy (non-hydrogen) atoms. The van der Waals surface area contributed by atoms with Crippen LogP contribution in [0.2, 0.25) is 0 Å². The van der Waals surface area contributed by atoms with Gasteiger partial charge in [0.05, 0.1) is 23.2 Å². The molecule has 1 atom stereocenters. The van der Waals surface area contributed by atoms with E-state index in [1.165, 1.54) is 6.07 Å². The molecule has 0 bridgehead atoms. The number of hydrogen-bond acceptors (Lipinski definition) is 4. The minimum Gasteiger partial charge on any atom is -0.367 e. The first kappa shape index (κ1) is 14.6. The van der Waals surface area contributed by atoms with Crippen molar-refractivity contribution >= 4 is 27.6 Å². The van der Waals surface area contributed by atoms with Gasteiger partial charge in [-0.1, -0.05) is 6.07 Å². The van der Waals surface area contributed by atoms with E-state index in [0.29, 0.717) is 40.0 Å². The fourth-order valence-electron chi connectivity index (χ4n) is 3.27. The van der Waals surface area contributed by atoms with Gasteiger partial charge in [-0.15, -0.1) is 0 Å². The maximum Gasteiger partial charge on any atom is 0.250 e. The molecule has 118 valence electrons. The van der Waals surface area contributed by atoms with Gasteiger partial charge in [-0.3, -0.25) is 9.59 Å². The molecule has 2 N–H and O–H groups in total. The van der Waals surface area contributed by atoms with E-state index in [2.05, 4.69) is 26.6 Å². The first-order chi connectivity index (χ1) is 11.1. The molecule has 3 aliphatic heterocycles. The lowest BCUT2D eigenvalue weighted by Crippen LogP contribution is -2.37. The molecule has 0 aliphatic carbocycles. The van der Waals surface area contributed by atoms with Crippen LogP contribution in [0.25, 0.3) is 0 Å². The van der Waals surface area contributed by atoms with E-state index < -0.39 is 5.92 Å². The van der Waals surface area contributed by atoms with E-state index in [1.807, 2.05) is 0 Å². The Bertz CT molecular complexity index is 816. The molecular weight excluding hydrogens is 367 g/mol. The monoisotopic (exact) mass is 378 g/mol. The van der Waals surface area contributed by atoms with Gasteiger partial charge in [-0.25, -0.2) is 4.39 Å². The lowest BCUT2D eigenvalue weighted by molar-refractivity contribution is -0.121. The summed E-state index contributed by atoms with van der Waals surface area (Å²) in [6.45, 7) is 0.673. The van der Waals surface area contributed by atoms with Crippen molar-refractivity contribution in [3.05, 3.63) is 56.6 Å². The van der Waals surface area contributed by atoms with Crippen LogP contribution in [0.5, 0.6) is 0 Å². The molecule has 1 aromatic carbocycles. The number of Topliss-reactive ketones (excluding diaryl/α,β-unsaturated/α-hetero) is 1. The number of dihydropyridines is 1. The van der Waals surface area contributed by atoms with Crippen molar-refractivity contribution in [2.24, 2.45) is 0 Å². The Kier molecular flexibility index (Phi) is 3.35. The number of ether oxygens (including phenoxy) is 1. The Balaban J connectivity index is 1.91. The molecule has 0 spiro atoms. The van der Waals surface area contributed by atoms with E-state index >= 15 is 0 Å². The van der Waals surface area contributed by atoms with Crippen LogP contribution in [0.15, 0.2) is 45.2 Å². The predicted molar refractivity (Wildman–Crippen MR) is 82.9 cm³/mol. The van der Waals surface area contributed by atoms with Crippen molar-refractivity contribution in [2.75, 3.05) is 19.8 Å². The van der Waals surface area contributed by atoms with Gasteiger partial charge in [0.2, 0.25) is 5.91 Å². The van der Waals surface area contributed by atoms with E-state index in [-0.39, 0.29) is 24.1 Å². The molecule has 3 heterocycles. The number of ketones is 1. The summed E-state index contributed by atoms with van der Waals surface area (Å²) in [5, 5.41) is 5.92. The lowest BCUT2D eigenvalue weighted by atomic mass is 9.78. The topological polar surface area (TPSA) is 67.4 Å². The molecule has 0 radical (unpaired) electrons. The van der Waals surface area contributed by atoms with Crippen LogP contribution in [0.1, 0.15) is 11.5 Å². The molecule has 5 nitrogen and oxygen atoms in total. The fraction of sp³-hybridized carbons (Fsp3) is 0.250. The van der Waals surface area contributed by atoms with Crippen molar-refractivity contribution in [3.63, 3.8) is 0 Å². The first-order valence-electron chi connectivity index (χ1n) is 7.13. The van der Waals surface area contributed by atoms with Crippen LogP contribution in [-0.4, -0.2) is 31.4 Å². The third-order valence-electron chi connectivity index (χ3n) is 4.26. The highest BCUT2D eigenvalue weighted by Gasteiger charge is 2.41. The number of halogens is 2. The average molecular weight is 379 g/mol. The number of rotatable bonds is 1. The smallest absolute Gasteiger partial charge is 0.250 e. The molecule has 7 heteroatoms. The van der Waals surface area contributed by atoms with E-state index in [9.17, 15) is 14.0 Å². The summed E-state index contributed by atoms with van der Waals surface area (Å²) in [5.74, 6) is -1.25. The van der Waals surface area contributed by atoms with Gasteiger partial charge in [0.25, 0.3) is 0 Å². The Morgan fingerprint density at radius 3 is 2.78 bits per heavy atom. The summed E-state index contributed by atoms with van der Waals surface area (Å²) < 4.78 is 19.2. The molecule has 0 aromatic heterocycles. The van der Waals surface area contributed by atoms with Gasteiger partial charge in [0.15, 0.2) is 5.78 Å². The minimum absolute atomic E-state index is 0.0103. The molecule has 3 aliphatic rings. The van der Waals surface area contributed by atoms with Gasteiger partial charge in [-0.2, -0.15) is 0 Å². The molecule has 1 unspecified atom stereocenters. The lowest BCUT2D eigenvalue weighted by Gasteiger charge is -2.32. The number of benzene rings is 1. The second kappa shape index (κ2) is 5.28. The number of carbonyl (C=O) groups excluding carboxylic acids is 2. The largest absolute Gasteiger partial charge is 0.367 e. The molecule has 0 saturated heterocycles. The maximum atomic E-state index is 13.6. The third kappa shape index (κ3) is 2.22. The summed E-state index contributed by atoms with van der Waals surface area (Å²) in [6, 6.07) is 4.56. The van der Waals surface area contributed by atoms with Crippen LogP contribution < -0.4 is 10.6 Å². The highest BCUT2D eigenvalue weighted by Crippen LogP contribution is 2.41. The van der Waals surface area contributed by atoms with Crippen molar-refractivity contribution in [1.29, 1.82) is 0 Å². The molecular formula is C16H12BrFN2O3. The zero-order valence-electron chi connectivity index (χ0n) is 11.9. The summed E-state index contributed by atoms with van der Waals surface area (Å²) in [6.07, 6.45) is 0. The van der Waals surface area contributed by atoms with Crippen LogP contribution in [0, 0.1) is 5.82 Å². The highest BCUT2D eigenvalue weighted by molar-refractivity contribution is 9.10. The minimum atomic E-state index is -0.503. The van der Waals surface area contributed by atoms with E-state index in [1.54, 1.807) is 12.1 Å². The van der Waals surface area contributed by atoms with Gasteiger partial charge in [0, 0.05) is 22.9 Å². The summed E-state index contributed by atoms with van der Waals surface area (Å²) in [5.41, 5.74) is 3.19. The van der Waals surface area contributed by atoms with Gasteiger partial charge >= 0.3 is 0 Å². The van der Waals surface area contributed by atoms with Crippen LogP contribution in [-0.2, 0) is 14.3 Å². The Hall–Kier alpha value is -1.99. The average Bonchev–Trinajstić information content (AvgIpc) is 2.90. The SMILES string of the molecule is O=C1COCC2=C1C(c1ccc(F)c(Br)c1)C1=C(CNC1=O)N2. The van der Waals surface area contributed by atoms with Gasteiger partial charge in [0.1, 0.15) is 12.4 Å². The number of hydrogen-bond donors (Lipinski definition) is 2. The van der Waals surface area contributed by atoms with Crippen LogP contribution in [0.4, 0.5) is 4.39 Å². The molecule has 0 fully saturated rings. The Morgan fingerprint density at radius 1 is 1.17 bits per heavy atom. The summed E-state index contributed by atoms with van der Waals surface area (Å²) in [4.78, 5) is 24.7. The Labute approximate surface area is 139 Å². The highest BCUT2D eigenvalue weighted by atomic mass is 79.9. The summed E-state index contributed by atoms with van der Waals surface area (Å²) >= 11 is 3.17. The molecule has 1 amide bonds. The molecule has 0 saturated carbocycles. The number of nitrogens with one attached hydrogen (secondary N) is 2. The number of carbonyl (C=O) groups is 2. The van der Waals surface area contributed by atoms with Crippen LogP contribution in [0.3, 0.4) is 0 Å². The Morgan fingerprint density at radius 2 is 2.00 bits per heavy atom. The third-order valence-corrected chi connectivity index (χ3v) is 4.86. The second-order valence-electron chi connectivity index (χ2n) is 5.61. The summed E-state index contributed by atoms with van der Waals surface area (Å²) in [7, 11) is 0. The van der Waals surface area contributed by atoms with E-state index in [0.717, 1.165) is 5.70 Å². The number of amides is 1.